The molecule has 0 fully saturated rings. The first-order valence-corrected chi connectivity index (χ1v) is 7.63. The molecule has 2 unspecified atom stereocenters. The number of nitrogens with one attached hydrogen (secondary N) is 1. The van der Waals surface area contributed by atoms with E-state index in [-0.39, 0.29) is 6.04 Å². The van der Waals surface area contributed by atoms with E-state index >= 15 is 0 Å². The van der Waals surface area contributed by atoms with Crippen molar-refractivity contribution in [1.29, 1.82) is 0 Å². The van der Waals surface area contributed by atoms with E-state index in [0.717, 1.165) is 30.3 Å². The second-order valence-corrected chi connectivity index (χ2v) is 5.94. The Bertz CT molecular complexity index is 645. The van der Waals surface area contributed by atoms with Gasteiger partial charge in [0.1, 0.15) is 17.3 Å². The highest BCUT2D eigenvalue weighted by Crippen LogP contribution is 2.29. The Hall–Kier alpha value is -1.74. The maximum atomic E-state index is 5.63. The summed E-state index contributed by atoms with van der Waals surface area (Å²) in [4.78, 5) is 0. The second-order valence-electron chi connectivity index (χ2n) is 5.94. The van der Waals surface area contributed by atoms with Crippen molar-refractivity contribution in [2.45, 2.75) is 46.2 Å². The molecule has 0 spiro atoms. The van der Waals surface area contributed by atoms with Gasteiger partial charge in [-0.05, 0) is 51.0 Å². The van der Waals surface area contributed by atoms with Gasteiger partial charge in [-0.2, -0.15) is 0 Å². The molecule has 3 heteroatoms. The Kier molecular flexibility index (Phi) is 3.77. The fraction of sp³-hybridized carbons (Fsp3) is 0.444. The summed E-state index contributed by atoms with van der Waals surface area (Å²) >= 11 is 0. The van der Waals surface area contributed by atoms with E-state index in [1.807, 2.05) is 13.8 Å². The van der Waals surface area contributed by atoms with Crippen LogP contribution in [0.5, 0.6) is 5.75 Å². The lowest BCUT2D eigenvalue weighted by Crippen LogP contribution is -2.22. The number of ether oxygens (including phenoxy) is 1. The van der Waals surface area contributed by atoms with Crippen molar-refractivity contribution in [3.8, 4) is 5.75 Å². The number of hydrogen-bond acceptors (Lipinski definition) is 3. The lowest BCUT2D eigenvalue weighted by atomic mass is 10.0. The predicted octanol–water partition coefficient (Wildman–Crippen LogP) is 4.24. The van der Waals surface area contributed by atoms with Crippen molar-refractivity contribution in [3.63, 3.8) is 0 Å². The molecule has 21 heavy (non-hydrogen) atoms. The zero-order chi connectivity index (χ0) is 15.0. The average Bonchev–Trinajstić information content (AvgIpc) is 3.03. The molecule has 3 rings (SSSR count). The third-order valence-electron chi connectivity index (χ3n) is 4.26. The van der Waals surface area contributed by atoms with E-state index in [1.165, 1.54) is 16.7 Å². The predicted molar refractivity (Wildman–Crippen MR) is 83.8 cm³/mol. The molecule has 1 aromatic heterocycles. The number of rotatable bonds is 4. The fourth-order valence-corrected chi connectivity index (χ4v) is 3.12. The van der Waals surface area contributed by atoms with Gasteiger partial charge in [-0.3, -0.25) is 0 Å². The average molecular weight is 285 g/mol. The minimum atomic E-state index is 0.266. The molecule has 1 aliphatic heterocycles. The van der Waals surface area contributed by atoms with Crippen LogP contribution in [-0.2, 0) is 6.42 Å². The number of benzene rings is 1. The van der Waals surface area contributed by atoms with E-state index in [4.69, 9.17) is 9.15 Å². The molecule has 0 amide bonds. The van der Waals surface area contributed by atoms with Crippen LogP contribution in [0, 0.1) is 13.8 Å². The highest BCUT2D eigenvalue weighted by Gasteiger charge is 2.18. The SMILES string of the molecule is Cc1cc(C(C)NC(C)c2ccc3c(c2)CCO3)c(C)o1. The standard InChI is InChI=1S/C18H23NO2/c1-11-9-17(14(4)21-11)13(3)19-12(2)15-5-6-18-16(10-15)7-8-20-18/h5-6,9-10,12-13,19H,7-8H2,1-4H3. The maximum Gasteiger partial charge on any atom is 0.122 e. The Morgan fingerprint density at radius 2 is 1.90 bits per heavy atom. The van der Waals surface area contributed by atoms with Crippen LogP contribution in [-0.4, -0.2) is 6.61 Å². The van der Waals surface area contributed by atoms with Crippen LogP contribution in [0.2, 0.25) is 0 Å². The van der Waals surface area contributed by atoms with E-state index < -0.39 is 0 Å². The number of hydrogen-bond donors (Lipinski definition) is 1. The molecule has 0 bridgehead atoms. The summed E-state index contributed by atoms with van der Waals surface area (Å²) in [5, 5.41) is 3.66. The highest BCUT2D eigenvalue weighted by atomic mass is 16.5. The Labute approximate surface area is 126 Å². The molecule has 2 atom stereocenters. The highest BCUT2D eigenvalue weighted by molar-refractivity contribution is 5.40. The molecule has 1 N–H and O–H groups in total. The number of furan rings is 1. The molecule has 0 radical (unpaired) electrons. The van der Waals surface area contributed by atoms with Gasteiger partial charge in [0.05, 0.1) is 6.61 Å². The summed E-state index contributed by atoms with van der Waals surface area (Å²) in [6.07, 6.45) is 1.02. The van der Waals surface area contributed by atoms with E-state index in [9.17, 15) is 0 Å². The molecule has 0 saturated carbocycles. The maximum absolute atomic E-state index is 5.63. The molecule has 3 nitrogen and oxygen atoms in total. The molecule has 1 aromatic carbocycles. The van der Waals surface area contributed by atoms with Gasteiger partial charge >= 0.3 is 0 Å². The molecule has 2 aromatic rings. The van der Waals surface area contributed by atoms with E-state index in [2.05, 4.69) is 43.4 Å². The van der Waals surface area contributed by atoms with Crippen molar-refractivity contribution in [2.24, 2.45) is 0 Å². The van der Waals surface area contributed by atoms with Crippen molar-refractivity contribution in [3.05, 3.63) is 52.5 Å². The van der Waals surface area contributed by atoms with Gasteiger partial charge < -0.3 is 14.5 Å². The molecular formula is C18H23NO2. The van der Waals surface area contributed by atoms with Crippen LogP contribution < -0.4 is 10.1 Å². The van der Waals surface area contributed by atoms with Gasteiger partial charge in [-0.15, -0.1) is 0 Å². The third-order valence-corrected chi connectivity index (χ3v) is 4.26. The number of aryl methyl sites for hydroxylation is 2. The fourth-order valence-electron chi connectivity index (χ4n) is 3.12. The summed E-state index contributed by atoms with van der Waals surface area (Å²) in [6, 6.07) is 9.19. The Morgan fingerprint density at radius 3 is 2.62 bits per heavy atom. The molecular weight excluding hydrogens is 262 g/mol. The molecule has 2 heterocycles. The molecule has 0 aliphatic carbocycles. The number of fused-ring (bicyclic) bond motifs is 1. The van der Waals surface area contributed by atoms with Crippen molar-refractivity contribution in [1.82, 2.24) is 5.32 Å². The van der Waals surface area contributed by atoms with Crippen LogP contribution in [0.3, 0.4) is 0 Å². The zero-order valence-corrected chi connectivity index (χ0v) is 13.2. The van der Waals surface area contributed by atoms with Crippen molar-refractivity contribution >= 4 is 0 Å². The third kappa shape index (κ3) is 2.84. The van der Waals surface area contributed by atoms with Crippen LogP contribution in [0.4, 0.5) is 0 Å². The van der Waals surface area contributed by atoms with E-state index in [1.54, 1.807) is 0 Å². The van der Waals surface area contributed by atoms with Gasteiger partial charge in [0, 0.05) is 24.1 Å². The van der Waals surface area contributed by atoms with Crippen LogP contribution in [0.25, 0.3) is 0 Å². The van der Waals surface area contributed by atoms with Crippen LogP contribution in [0.15, 0.2) is 28.7 Å². The largest absolute Gasteiger partial charge is 0.493 e. The van der Waals surface area contributed by atoms with Crippen molar-refractivity contribution < 1.29 is 9.15 Å². The summed E-state index contributed by atoms with van der Waals surface area (Å²) in [5.41, 5.74) is 3.87. The first kappa shape index (κ1) is 14.2. The molecule has 1 aliphatic rings. The van der Waals surface area contributed by atoms with Gasteiger partial charge in [0.2, 0.25) is 0 Å². The van der Waals surface area contributed by atoms with Gasteiger partial charge in [0.15, 0.2) is 0 Å². The summed E-state index contributed by atoms with van der Waals surface area (Å²) in [7, 11) is 0. The normalized spacial score (nSPS) is 16.4. The first-order valence-electron chi connectivity index (χ1n) is 7.63. The smallest absolute Gasteiger partial charge is 0.122 e. The monoisotopic (exact) mass is 285 g/mol. The summed E-state index contributed by atoms with van der Waals surface area (Å²) < 4.78 is 11.2. The Balaban J connectivity index is 1.74. The zero-order valence-electron chi connectivity index (χ0n) is 13.2. The molecule has 0 saturated heterocycles. The van der Waals surface area contributed by atoms with Crippen molar-refractivity contribution in [2.75, 3.05) is 6.61 Å². The Morgan fingerprint density at radius 1 is 1.10 bits per heavy atom. The lowest BCUT2D eigenvalue weighted by molar-refractivity contribution is 0.356. The topological polar surface area (TPSA) is 34.4 Å². The lowest BCUT2D eigenvalue weighted by Gasteiger charge is -2.20. The minimum absolute atomic E-state index is 0.266. The quantitative estimate of drug-likeness (QED) is 0.912. The van der Waals surface area contributed by atoms with Gasteiger partial charge in [-0.1, -0.05) is 12.1 Å². The molecule has 112 valence electrons. The summed E-state index contributed by atoms with van der Waals surface area (Å²) in [6.45, 7) is 9.22. The summed E-state index contributed by atoms with van der Waals surface area (Å²) in [5.74, 6) is 3.01. The van der Waals surface area contributed by atoms with Crippen LogP contribution >= 0.6 is 0 Å². The second kappa shape index (κ2) is 5.57. The minimum Gasteiger partial charge on any atom is -0.493 e. The first-order chi connectivity index (χ1) is 10.0. The van der Waals surface area contributed by atoms with Gasteiger partial charge in [-0.25, -0.2) is 0 Å². The van der Waals surface area contributed by atoms with Crippen LogP contribution in [0.1, 0.15) is 54.1 Å². The van der Waals surface area contributed by atoms with E-state index in [0.29, 0.717) is 6.04 Å². The van der Waals surface area contributed by atoms with Gasteiger partial charge in [0.25, 0.3) is 0 Å².